The predicted octanol–water partition coefficient (Wildman–Crippen LogP) is 27.0. The van der Waals surface area contributed by atoms with Crippen LogP contribution < -0.4 is 0 Å². The number of allylic oxidation sites excluding steroid dienone is 4. The maximum atomic E-state index is 13.5. The SMILES string of the molecule is C.C.C.CC(=O)C=C(C)O.CC(=O)C=C(C)O.Cc1[c-]c(-c2ccc3cc(F)c(C)cc3n2)cc(C)c1.Cc1cc(-c2[c-]cccc2)ncc1-c1ccccc1.Cc1cc(-c2[c-]cccc2)ncc1-c1ccccc1.Cc1cc(-c2nccc3ccccc23)[c-]cc1F.[Ir].[Ir].[Ir].[Ir].[c-]1ccccc1-c1ccccn1.[c-]1ccccc1-c1ccccn1. The minimum absolute atomic E-state index is 0. The van der Waals surface area contributed by atoms with Gasteiger partial charge in [-0.3, -0.25) is 19.0 Å². The van der Waals surface area contributed by atoms with E-state index in [0.29, 0.717) is 11.1 Å². The Morgan fingerprint density at radius 1 is 0.355 bits per heavy atom. The van der Waals surface area contributed by atoms with Crippen molar-refractivity contribution in [3.63, 3.8) is 0 Å². The number of aliphatic hydroxyl groups is 2. The maximum absolute atomic E-state index is 13.5. The third kappa shape index (κ3) is 34.3. The number of pyridine rings is 6. The van der Waals surface area contributed by atoms with Crippen LogP contribution in [0, 0.1) is 89.6 Å². The molecule has 6 aromatic heterocycles. The summed E-state index contributed by atoms with van der Waals surface area (Å²) in [6, 6.07) is 112. The summed E-state index contributed by atoms with van der Waals surface area (Å²) in [4.78, 5) is 46.6. The van der Waals surface area contributed by atoms with E-state index in [1.54, 1.807) is 44.6 Å². The predicted molar refractivity (Wildman–Crippen MR) is 480 cm³/mol. The molecule has 0 atom stereocenters. The molecule has 0 aliphatic carbocycles. The number of aliphatic hydroxyl groups excluding tert-OH is 2. The molecule has 628 valence electrons. The molecule has 10 aromatic carbocycles. The van der Waals surface area contributed by atoms with Crippen LogP contribution in [-0.2, 0) is 90.0 Å². The maximum Gasteiger partial charge on any atom is 0.155 e. The van der Waals surface area contributed by atoms with E-state index < -0.39 is 0 Å². The van der Waals surface area contributed by atoms with Gasteiger partial charge in [0, 0.05) is 146 Å². The molecule has 16 aromatic rings. The standard InChI is InChI=1S/C18H15FN.2C18H14N.C16H11FN.2C11H8N.2C5H8O2.3CH4.4Ir/c1-11-6-12(2)8-15(7-11)17-5-4-14-10-16(19)13(3)9-18(14)20-17;2*1-14-12-18(16-10-6-3-7-11-16)19-13-17(14)15-8-4-2-5-9-15;1-11-10-13(6-7-15(11)17)16-14-5-3-2-4-12(14)8-9-18-16;2*1-2-6-10(7-3-1)11-8-4-5-9-12-11;2*1-4(6)3-5(2)7;;;;;;;/h4-7,9-10H,1-3H3;2*2-10,12-13H,1H3;2-5,7-10H,1H3;2*1-6,8-9H;2*3,6H,1-2H3;3*1H4;;;;/q6*-1;;;;;;;;;. The van der Waals surface area contributed by atoms with Crippen molar-refractivity contribution in [2.45, 2.75) is 91.5 Å². The third-order valence-electron chi connectivity index (χ3n) is 16.9. The van der Waals surface area contributed by atoms with Crippen molar-refractivity contribution in [3.05, 3.63) is 421 Å². The molecule has 121 heavy (non-hydrogen) atoms. The van der Waals surface area contributed by atoms with Crippen LogP contribution in [0.3, 0.4) is 0 Å². The molecular weight excluding hydrogens is 2220 g/mol. The average Bonchev–Trinajstić information content (AvgIpc) is 0.810. The largest absolute Gasteiger partial charge is 0.512 e. The number of rotatable bonds is 10. The van der Waals surface area contributed by atoms with Crippen molar-refractivity contribution in [2.75, 3.05) is 0 Å². The van der Waals surface area contributed by atoms with Crippen LogP contribution in [0.1, 0.15) is 83.4 Å². The van der Waals surface area contributed by atoms with E-state index in [2.05, 4.69) is 136 Å². The summed E-state index contributed by atoms with van der Waals surface area (Å²) in [5.74, 6) is -0.552. The van der Waals surface area contributed by atoms with E-state index in [4.69, 9.17) is 10.2 Å². The van der Waals surface area contributed by atoms with Gasteiger partial charge in [0.2, 0.25) is 0 Å². The molecule has 0 amide bonds. The van der Waals surface area contributed by atoms with Crippen LogP contribution in [0.15, 0.2) is 340 Å². The van der Waals surface area contributed by atoms with Crippen LogP contribution in [0.5, 0.6) is 0 Å². The van der Waals surface area contributed by atoms with E-state index in [1.165, 1.54) is 90.9 Å². The molecule has 2 N–H and O–H groups in total. The molecule has 10 nitrogen and oxygen atoms in total. The Hall–Kier alpha value is -11.5. The molecule has 0 unspecified atom stereocenters. The molecule has 0 bridgehead atoms. The molecular formula is C105H98F2Ir4N6O4-6. The zero-order valence-corrected chi connectivity index (χ0v) is 76.2. The van der Waals surface area contributed by atoms with Crippen LogP contribution >= 0.6 is 0 Å². The summed E-state index contributed by atoms with van der Waals surface area (Å²) in [7, 11) is 0. The van der Waals surface area contributed by atoms with Crippen LogP contribution in [0.2, 0.25) is 0 Å². The summed E-state index contributed by atoms with van der Waals surface area (Å²) in [6.07, 6.45) is 11.6. The van der Waals surface area contributed by atoms with Gasteiger partial charge in [0.25, 0.3) is 0 Å². The topological polar surface area (TPSA) is 152 Å². The first-order valence-corrected chi connectivity index (χ1v) is 36.8. The number of hydrogen-bond acceptors (Lipinski definition) is 10. The quantitative estimate of drug-likeness (QED) is 0.0769. The number of halogens is 2. The molecule has 0 fully saturated rings. The number of ketones is 2. The van der Waals surface area contributed by atoms with Crippen LogP contribution in [0.25, 0.3) is 111 Å². The fourth-order valence-electron chi connectivity index (χ4n) is 11.6. The molecule has 0 spiro atoms. The molecule has 0 aliphatic heterocycles. The summed E-state index contributed by atoms with van der Waals surface area (Å²) in [6.45, 7) is 17.5. The number of aryl methyl sites for hydroxylation is 6. The molecule has 0 aliphatic rings. The molecule has 16 rings (SSSR count). The zero-order valence-electron chi connectivity index (χ0n) is 66.7. The molecule has 6 heterocycles. The number of benzene rings is 10. The number of aromatic nitrogens is 6. The molecule has 4 radical (unpaired) electrons. The van der Waals surface area contributed by atoms with Gasteiger partial charge in [-0.15, -0.1) is 202 Å². The van der Waals surface area contributed by atoms with Gasteiger partial charge in [-0.2, -0.15) is 0 Å². The smallest absolute Gasteiger partial charge is 0.155 e. The van der Waals surface area contributed by atoms with Crippen LogP contribution in [0.4, 0.5) is 8.78 Å². The fourth-order valence-corrected chi connectivity index (χ4v) is 11.6. The monoisotopic (exact) mass is 2320 g/mol. The average molecular weight is 2310 g/mol. The van der Waals surface area contributed by atoms with Gasteiger partial charge in [0.05, 0.1) is 17.0 Å². The van der Waals surface area contributed by atoms with E-state index in [9.17, 15) is 18.4 Å². The van der Waals surface area contributed by atoms with Gasteiger partial charge in [-0.05, 0) is 152 Å². The fraction of sp³-hybridized carbons (Fsp3) is 0.124. The molecule has 16 heteroatoms. The van der Waals surface area contributed by atoms with Gasteiger partial charge >= 0.3 is 0 Å². The second kappa shape index (κ2) is 55.4. The van der Waals surface area contributed by atoms with Crippen molar-refractivity contribution in [1.29, 1.82) is 0 Å². The van der Waals surface area contributed by atoms with Crippen molar-refractivity contribution in [3.8, 4) is 89.8 Å². The molecule has 0 saturated heterocycles. The van der Waals surface area contributed by atoms with Crippen molar-refractivity contribution in [2.24, 2.45) is 0 Å². The van der Waals surface area contributed by atoms with Gasteiger partial charge in [0.15, 0.2) is 11.6 Å². The van der Waals surface area contributed by atoms with Gasteiger partial charge in [-0.25, -0.2) is 4.39 Å². The second-order valence-electron chi connectivity index (χ2n) is 26.3. The molecule has 0 saturated carbocycles. The van der Waals surface area contributed by atoms with E-state index in [0.717, 1.165) is 94.8 Å². The number of hydrogen-bond donors (Lipinski definition) is 2. The first-order chi connectivity index (χ1) is 55.2. The Balaban J connectivity index is 0.000000475. The normalized spacial score (nSPS) is 9.92. The van der Waals surface area contributed by atoms with Gasteiger partial charge < -0.3 is 35.1 Å². The second-order valence-corrected chi connectivity index (χ2v) is 26.3. The minimum Gasteiger partial charge on any atom is -0.512 e. The van der Waals surface area contributed by atoms with Crippen molar-refractivity contribution < 1.29 is 109 Å². The first kappa shape index (κ1) is 106. The van der Waals surface area contributed by atoms with E-state index in [-0.39, 0.29) is 137 Å². The summed E-state index contributed by atoms with van der Waals surface area (Å²) < 4.78 is 26.8. The van der Waals surface area contributed by atoms with Gasteiger partial charge in [-0.1, -0.05) is 182 Å². The van der Waals surface area contributed by atoms with Crippen molar-refractivity contribution in [1.82, 2.24) is 29.9 Å². The van der Waals surface area contributed by atoms with E-state index in [1.807, 2.05) is 232 Å². The van der Waals surface area contributed by atoms with E-state index >= 15 is 0 Å². The Morgan fingerprint density at radius 2 is 0.785 bits per heavy atom. The number of carbonyl (C=O) groups excluding carboxylic acids is 2. The third-order valence-corrected chi connectivity index (χ3v) is 16.9. The number of nitrogens with zero attached hydrogens (tertiary/aromatic N) is 6. The number of fused-ring (bicyclic) bond motifs is 2. The van der Waals surface area contributed by atoms with Crippen LogP contribution in [-0.4, -0.2) is 51.7 Å². The Morgan fingerprint density at radius 3 is 1.18 bits per heavy atom. The van der Waals surface area contributed by atoms with Crippen molar-refractivity contribution >= 4 is 33.2 Å². The Kier molecular flexibility index (Phi) is 48.3. The summed E-state index contributed by atoms with van der Waals surface area (Å²) in [5, 5.41) is 19.7. The summed E-state index contributed by atoms with van der Waals surface area (Å²) >= 11 is 0. The Labute approximate surface area is 768 Å². The summed E-state index contributed by atoms with van der Waals surface area (Å²) in [5.41, 5.74) is 23.1. The minimum atomic E-state index is -0.237. The van der Waals surface area contributed by atoms with Gasteiger partial charge in [0.1, 0.15) is 5.82 Å². The first-order valence-electron chi connectivity index (χ1n) is 36.8. The zero-order chi connectivity index (χ0) is 81.1. The Bertz CT molecular complexity index is 5490. The number of carbonyl (C=O) groups is 2.